The van der Waals surface area contributed by atoms with Crippen molar-refractivity contribution in [2.24, 2.45) is 0 Å². The summed E-state index contributed by atoms with van der Waals surface area (Å²) in [5, 5.41) is 8.98. The molecular weight excluding hydrogens is 569 g/mol. The van der Waals surface area contributed by atoms with E-state index in [4.69, 9.17) is 68.6 Å². The van der Waals surface area contributed by atoms with Gasteiger partial charge in [-0.2, -0.15) is 4.57 Å². The minimum absolute atomic E-state index is 0. The number of rotatable bonds is 4. The van der Waals surface area contributed by atoms with Gasteiger partial charge in [0, 0.05) is 26.1 Å². The van der Waals surface area contributed by atoms with Crippen LogP contribution in [0.2, 0.25) is 0 Å². The van der Waals surface area contributed by atoms with Crippen LogP contribution >= 0.6 is 47.2 Å². The zero-order valence-electron chi connectivity index (χ0n) is 17.5. The molecule has 200 valence electrons. The number of nitrogen functional groups attached to an aromatic ring is 1. The van der Waals surface area contributed by atoms with Gasteiger partial charge in [0.1, 0.15) is 11.6 Å². The number of hydrogen-bond donors (Lipinski definition) is 10. The van der Waals surface area contributed by atoms with Crippen molar-refractivity contribution in [3.8, 4) is 0 Å². The van der Waals surface area contributed by atoms with Crippen LogP contribution in [0.4, 0.5) is 5.82 Å². The number of aliphatic hydroxyl groups excluding tert-OH is 1. The Morgan fingerprint density at radius 3 is 1.79 bits per heavy atom. The monoisotopic (exact) mass is 594 g/mol. The first kappa shape index (κ1) is 37.6. The van der Waals surface area contributed by atoms with E-state index in [1.54, 1.807) is 17.5 Å². The van der Waals surface area contributed by atoms with Crippen LogP contribution in [0.1, 0.15) is 22.0 Å². The zero-order chi connectivity index (χ0) is 26.6. The Balaban J connectivity index is -0.000000496. The van der Waals surface area contributed by atoms with Gasteiger partial charge >= 0.3 is 15.6 Å². The molecule has 34 heavy (non-hydrogen) atoms. The van der Waals surface area contributed by atoms with E-state index in [9.17, 15) is 0 Å². The molecule has 0 saturated heterocycles. The van der Waals surface area contributed by atoms with Gasteiger partial charge in [0.05, 0.1) is 10.4 Å². The quantitative estimate of drug-likeness (QED) is 0.130. The topological polar surface area (TPSA) is 312 Å². The van der Waals surface area contributed by atoms with Crippen LogP contribution in [-0.4, -0.2) is 60.8 Å². The smallest absolute Gasteiger partial charge is 0.466 e. The largest absolute Gasteiger partial charge is 0.756 e. The van der Waals surface area contributed by atoms with Crippen molar-refractivity contribution in [2.45, 2.75) is 26.8 Å². The maximum atomic E-state index is 8.98. The van der Waals surface area contributed by atoms with Crippen molar-refractivity contribution in [1.29, 1.82) is 0 Å². The highest BCUT2D eigenvalue weighted by atomic mass is 35.5. The third-order valence-electron chi connectivity index (χ3n) is 2.85. The van der Waals surface area contributed by atoms with Gasteiger partial charge in [0.25, 0.3) is 7.82 Å². The fraction of sp³-hybridized carbons (Fsp3) is 0.417. The molecular formula is C12H26ClN4O13P3S. The normalized spacial score (nSPS) is 10.9. The number of aryl methyl sites for hydroxylation is 1. The molecule has 2 heterocycles. The zero-order valence-corrected chi connectivity index (χ0v) is 21.8. The summed E-state index contributed by atoms with van der Waals surface area (Å²) in [7, 11) is -14.2. The van der Waals surface area contributed by atoms with Crippen molar-refractivity contribution in [3.05, 3.63) is 33.7 Å². The first-order valence-electron chi connectivity index (χ1n) is 8.10. The van der Waals surface area contributed by atoms with Crippen molar-refractivity contribution >= 4 is 53.0 Å². The van der Waals surface area contributed by atoms with Gasteiger partial charge in [-0.25, -0.2) is 19.1 Å². The molecule has 0 bridgehead atoms. The van der Waals surface area contributed by atoms with Gasteiger partial charge in [0.15, 0.2) is 12.2 Å². The molecule has 0 radical (unpaired) electrons. The van der Waals surface area contributed by atoms with Gasteiger partial charge in [0.2, 0.25) is 5.51 Å². The number of aliphatic hydroxyl groups is 1. The molecule has 2 aromatic rings. The average Bonchev–Trinajstić information content (AvgIpc) is 2.86. The van der Waals surface area contributed by atoms with Crippen LogP contribution in [0.25, 0.3) is 0 Å². The second-order valence-electron chi connectivity index (χ2n) is 5.68. The van der Waals surface area contributed by atoms with Gasteiger partial charge < -0.3 is 54.9 Å². The lowest BCUT2D eigenvalue weighted by molar-refractivity contribution is -0.689. The molecule has 0 atom stereocenters. The average molecular weight is 595 g/mol. The van der Waals surface area contributed by atoms with Crippen LogP contribution in [0.5, 0.6) is 0 Å². The molecule has 0 aromatic carbocycles. The van der Waals surface area contributed by atoms with E-state index < -0.39 is 23.5 Å². The predicted molar refractivity (Wildman–Crippen MR) is 118 cm³/mol. The minimum Gasteiger partial charge on any atom is -0.756 e. The number of nitrogens with two attached hydrogens (primary N) is 1. The Morgan fingerprint density at radius 1 is 1.03 bits per heavy atom. The van der Waals surface area contributed by atoms with Crippen LogP contribution in [0, 0.1) is 13.8 Å². The van der Waals surface area contributed by atoms with E-state index in [1.165, 1.54) is 4.88 Å². The number of aromatic nitrogens is 3. The molecule has 2 rings (SSSR count). The van der Waals surface area contributed by atoms with Crippen LogP contribution in [0.15, 0.2) is 11.7 Å². The molecule has 0 aliphatic rings. The summed E-state index contributed by atoms with van der Waals surface area (Å²) in [6.07, 6.45) is 2.47. The number of hydrogen-bond acceptors (Lipinski definition) is 9. The molecule has 17 nitrogen and oxygen atoms in total. The summed E-state index contributed by atoms with van der Waals surface area (Å²) in [5.74, 6) is 1.22. The van der Waals surface area contributed by atoms with Crippen molar-refractivity contribution in [2.75, 3.05) is 12.3 Å². The second kappa shape index (κ2) is 16.7. The molecule has 0 aliphatic heterocycles. The standard InChI is InChI=1S/C12H17N4OS.ClH.3H3O4P/c1-8-11(3-4-17)18-7-16(8)6-10-5-14-9(2)15-12(10)13;;3*1-5(2,3)4/h5,7,17H,3-4,6H2,1-2H3,(H2,13,14,15);1H;3*(H3,1,2,3,4)/q+1;;;;/p-1. The summed E-state index contributed by atoms with van der Waals surface area (Å²) in [6.45, 7) is 4.71. The van der Waals surface area contributed by atoms with Gasteiger partial charge in [-0.1, -0.05) is 11.3 Å². The Kier molecular flexibility index (Phi) is 18.5. The molecule has 0 aliphatic carbocycles. The SMILES string of the molecule is Cc1ncc(C[n+]2csc(CCO)c2C)c(N)n1.Cl.O=P(O)(O)O.O=P(O)(O)O.O=P([O-])(O)O. The number of anilines is 1. The van der Waals surface area contributed by atoms with E-state index >= 15 is 0 Å². The molecule has 0 spiro atoms. The number of nitrogens with zero attached hydrogens (tertiary/aromatic N) is 3. The molecule has 22 heteroatoms. The van der Waals surface area contributed by atoms with E-state index in [1.807, 2.05) is 19.4 Å². The summed E-state index contributed by atoms with van der Waals surface area (Å²) in [6, 6.07) is 0. The maximum Gasteiger partial charge on any atom is 0.466 e. The molecule has 0 fully saturated rings. The fourth-order valence-electron chi connectivity index (χ4n) is 1.77. The Morgan fingerprint density at radius 2 is 1.44 bits per heavy atom. The van der Waals surface area contributed by atoms with E-state index in [-0.39, 0.29) is 19.0 Å². The van der Waals surface area contributed by atoms with Crippen molar-refractivity contribution in [1.82, 2.24) is 9.97 Å². The highest BCUT2D eigenvalue weighted by Gasteiger charge is 2.17. The van der Waals surface area contributed by atoms with Crippen molar-refractivity contribution < 1.29 is 67.4 Å². The number of phosphoric acid groups is 3. The highest BCUT2D eigenvalue weighted by Crippen LogP contribution is 2.26. The lowest BCUT2D eigenvalue weighted by Crippen LogP contribution is -2.35. The minimum atomic E-state index is -4.89. The maximum absolute atomic E-state index is 8.98. The second-order valence-corrected chi connectivity index (χ2v) is 9.65. The van der Waals surface area contributed by atoms with E-state index in [0.717, 1.165) is 11.3 Å². The first-order chi connectivity index (χ1) is 14.6. The fourth-order valence-corrected chi connectivity index (χ4v) is 2.75. The highest BCUT2D eigenvalue weighted by molar-refractivity contribution is 7.45. The lowest BCUT2D eigenvalue weighted by Gasteiger charge is -2.01. The summed E-state index contributed by atoms with van der Waals surface area (Å²) < 4.78 is 28.6. The van der Waals surface area contributed by atoms with Crippen LogP contribution in [-0.2, 0) is 26.7 Å². The Bertz CT molecular complexity index is 937. The first-order valence-corrected chi connectivity index (χ1v) is 13.6. The van der Waals surface area contributed by atoms with Gasteiger partial charge in [-0.05, 0) is 6.92 Å². The Hall–Kier alpha value is -0.910. The van der Waals surface area contributed by atoms with Crippen molar-refractivity contribution in [3.63, 3.8) is 0 Å². The summed E-state index contributed by atoms with van der Waals surface area (Å²) >= 11 is 1.65. The van der Waals surface area contributed by atoms with Gasteiger partial charge in [-0.3, -0.25) is 4.57 Å². The molecule has 0 saturated carbocycles. The predicted octanol–water partition coefficient (Wildman–Crippen LogP) is -2.39. The molecule has 0 amide bonds. The summed E-state index contributed by atoms with van der Waals surface area (Å²) in [4.78, 5) is 75.6. The number of thiazole rings is 1. The van der Waals surface area contributed by atoms with Gasteiger partial charge in [-0.15, -0.1) is 12.4 Å². The molecule has 11 N–H and O–H groups in total. The van der Waals surface area contributed by atoms with Crippen LogP contribution in [0.3, 0.4) is 0 Å². The third kappa shape index (κ3) is 27.3. The lowest BCUT2D eigenvalue weighted by atomic mass is 10.2. The van der Waals surface area contributed by atoms with E-state index in [2.05, 4.69) is 14.5 Å². The third-order valence-corrected chi connectivity index (χ3v) is 4.00. The van der Waals surface area contributed by atoms with Crippen LogP contribution < -0.4 is 15.2 Å². The molecule has 0 unspecified atom stereocenters. The number of halogens is 1. The Labute approximate surface area is 203 Å². The molecule has 2 aromatic heterocycles. The van der Waals surface area contributed by atoms with E-state index in [0.29, 0.717) is 24.6 Å². The summed E-state index contributed by atoms with van der Waals surface area (Å²) in [5.41, 5.74) is 10.0.